The molecule has 1 saturated carbocycles. The summed E-state index contributed by atoms with van der Waals surface area (Å²) in [6.07, 6.45) is 1.65. The second-order valence-corrected chi connectivity index (χ2v) is 9.81. The van der Waals surface area contributed by atoms with E-state index in [4.69, 9.17) is 4.98 Å². The highest BCUT2D eigenvalue weighted by Gasteiger charge is 2.65. The fourth-order valence-corrected chi connectivity index (χ4v) is 5.90. The summed E-state index contributed by atoms with van der Waals surface area (Å²) < 4.78 is 28.9. The van der Waals surface area contributed by atoms with Gasteiger partial charge in [-0.15, -0.1) is 5.10 Å². The number of halogens is 2. The van der Waals surface area contributed by atoms with Gasteiger partial charge in [0.1, 0.15) is 17.3 Å². The summed E-state index contributed by atoms with van der Waals surface area (Å²) in [4.78, 5) is 17.4. The minimum atomic E-state index is -0.677. The largest absolute Gasteiger partial charge is 0.394 e. The van der Waals surface area contributed by atoms with E-state index in [0.717, 1.165) is 29.8 Å². The van der Waals surface area contributed by atoms with E-state index in [1.165, 1.54) is 18.2 Å². The number of carbonyl (C=O) groups excluding carboxylic acids is 1. The lowest BCUT2D eigenvalue weighted by atomic mass is 9.66. The van der Waals surface area contributed by atoms with Crippen LogP contribution in [0.4, 0.5) is 8.78 Å². The average Bonchev–Trinajstić information content (AvgIpc) is 3.20. The van der Waals surface area contributed by atoms with Gasteiger partial charge in [0.05, 0.1) is 34.7 Å². The Morgan fingerprint density at radius 2 is 1.88 bits per heavy atom. The van der Waals surface area contributed by atoms with Gasteiger partial charge >= 0.3 is 0 Å². The zero-order chi connectivity index (χ0) is 24.3. The van der Waals surface area contributed by atoms with E-state index >= 15 is 0 Å². The van der Waals surface area contributed by atoms with Gasteiger partial charge in [-0.05, 0) is 67.0 Å². The lowest BCUT2D eigenvalue weighted by Crippen LogP contribution is -2.39. The maximum absolute atomic E-state index is 14.4. The third-order valence-corrected chi connectivity index (χ3v) is 7.67. The number of pyridine rings is 1. The number of fused-ring (bicyclic) bond motifs is 5. The van der Waals surface area contributed by atoms with Crippen LogP contribution < -0.4 is 5.32 Å². The van der Waals surface area contributed by atoms with Crippen molar-refractivity contribution in [3.63, 3.8) is 0 Å². The van der Waals surface area contributed by atoms with E-state index in [0.29, 0.717) is 0 Å². The number of aliphatic hydroxyl groups excluding tert-OH is 1. The highest BCUT2D eigenvalue weighted by atomic mass is 19.1. The Bertz CT molecular complexity index is 1280. The van der Waals surface area contributed by atoms with Crippen LogP contribution in [-0.4, -0.2) is 38.8 Å². The van der Waals surface area contributed by atoms with Crippen LogP contribution in [0.3, 0.4) is 0 Å². The second kappa shape index (κ2) is 7.91. The minimum Gasteiger partial charge on any atom is -0.394 e. The first kappa shape index (κ1) is 22.5. The van der Waals surface area contributed by atoms with Gasteiger partial charge in [-0.2, -0.15) is 5.10 Å². The Hall–Kier alpha value is -3.26. The van der Waals surface area contributed by atoms with Gasteiger partial charge in [-0.25, -0.2) is 13.8 Å². The second-order valence-electron chi connectivity index (χ2n) is 9.81. The molecule has 34 heavy (non-hydrogen) atoms. The smallest absolute Gasteiger partial charge is 0.270 e. The maximum atomic E-state index is 14.4. The lowest BCUT2D eigenvalue weighted by Gasteiger charge is -2.37. The van der Waals surface area contributed by atoms with Gasteiger partial charge in [-0.1, -0.05) is 26.0 Å². The molecule has 0 radical (unpaired) electrons. The summed E-state index contributed by atoms with van der Waals surface area (Å²) in [5, 5.41) is 20.8. The standard InChI is InChI=1S/C26H26F2N4O2/c1-14(13-33)29-24(34)19-8-5-9-21(30-19)26-11-10-16(25(26,2)3)15-12-20(31-32-23(15)26)22-17(27)6-4-7-18(22)28/h4-9,12,14,16,33H,10-11,13H2,1-3H3,(H,29,34)/t14-,16+,26+/m1/s1. The number of carbonyl (C=O) groups is 1. The van der Waals surface area contributed by atoms with Crippen LogP contribution in [0.1, 0.15) is 67.0 Å². The molecule has 5 rings (SSSR count). The van der Waals surface area contributed by atoms with Crippen molar-refractivity contribution in [3.8, 4) is 11.3 Å². The molecule has 0 saturated heterocycles. The topological polar surface area (TPSA) is 88.0 Å². The molecule has 1 fully saturated rings. The Morgan fingerprint density at radius 1 is 1.18 bits per heavy atom. The van der Waals surface area contributed by atoms with Gasteiger partial charge < -0.3 is 10.4 Å². The van der Waals surface area contributed by atoms with Crippen LogP contribution in [0.15, 0.2) is 42.5 Å². The number of aliphatic hydroxyl groups is 1. The molecule has 2 heterocycles. The molecule has 0 aliphatic heterocycles. The van der Waals surface area contributed by atoms with E-state index < -0.39 is 23.1 Å². The molecule has 2 aliphatic carbocycles. The molecule has 2 bridgehead atoms. The van der Waals surface area contributed by atoms with E-state index in [9.17, 15) is 18.7 Å². The van der Waals surface area contributed by atoms with E-state index in [2.05, 4.69) is 29.4 Å². The Balaban J connectivity index is 1.62. The van der Waals surface area contributed by atoms with Gasteiger partial charge in [0.15, 0.2) is 0 Å². The van der Waals surface area contributed by atoms with Crippen molar-refractivity contribution in [1.82, 2.24) is 20.5 Å². The van der Waals surface area contributed by atoms with E-state index in [1.54, 1.807) is 25.1 Å². The summed E-state index contributed by atoms with van der Waals surface area (Å²) in [5.41, 5.74) is 1.79. The van der Waals surface area contributed by atoms with Crippen LogP contribution in [0.25, 0.3) is 11.3 Å². The third kappa shape index (κ3) is 3.08. The Kier molecular flexibility index (Phi) is 5.24. The van der Waals surface area contributed by atoms with Gasteiger partial charge in [-0.3, -0.25) is 4.79 Å². The normalized spacial score (nSPS) is 22.9. The van der Waals surface area contributed by atoms with Gasteiger partial charge in [0, 0.05) is 6.04 Å². The van der Waals surface area contributed by atoms with Crippen LogP contribution in [0, 0.1) is 17.0 Å². The van der Waals surface area contributed by atoms with Crippen LogP contribution in [-0.2, 0) is 5.41 Å². The van der Waals surface area contributed by atoms with Crippen molar-refractivity contribution in [1.29, 1.82) is 0 Å². The predicted molar refractivity (Wildman–Crippen MR) is 122 cm³/mol. The number of hydrogen-bond donors (Lipinski definition) is 2. The van der Waals surface area contributed by atoms with Gasteiger partial charge in [0.25, 0.3) is 5.91 Å². The SMILES string of the molecule is C[C@H](CO)NC(=O)c1cccc([C@@]23CC[C@@H](c4cc(-c5c(F)cccc5F)nnc42)C3(C)C)n1. The molecule has 1 amide bonds. The molecule has 3 aromatic rings. The summed E-state index contributed by atoms with van der Waals surface area (Å²) in [6.45, 7) is 5.85. The molecule has 2 N–H and O–H groups in total. The fourth-order valence-electron chi connectivity index (χ4n) is 5.90. The van der Waals surface area contributed by atoms with Crippen LogP contribution in [0.5, 0.6) is 0 Å². The number of nitrogens with one attached hydrogen (secondary N) is 1. The quantitative estimate of drug-likeness (QED) is 0.593. The predicted octanol–water partition coefficient (Wildman–Crippen LogP) is 4.13. The molecule has 2 aliphatic rings. The molecule has 0 spiro atoms. The highest BCUT2D eigenvalue weighted by Crippen LogP contribution is 2.69. The molecule has 6 nitrogen and oxygen atoms in total. The first-order chi connectivity index (χ1) is 16.2. The van der Waals surface area contributed by atoms with Crippen molar-refractivity contribution in [2.45, 2.75) is 51.0 Å². The molecular formula is C26H26F2N4O2. The van der Waals surface area contributed by atoms with Crippen molar-refractivity contribution >= 4 is 5.91 Å². The number of benzene rings is 1. The first-order valence-electron chi connectivity index (χ1n) is 11.4. The summed E-state index contributed by atoms with van der Waals surface area (Å²) in [7, 11) is 0. The molecule has 1 aromatic carbocycles. The number of amides is 1. The Labute approximate surface area is 196 Å². The van der Waals surface area contributed by atoms with Gasteiger partial charge in [0.2, 0.25) is 0 Å². The zero-order valence-electron chi connectivity index (χ0n) is 19.3. The minimum absolute atomic E-state index is 0.111. The van der Waals surface area contributed by atoms with Crippen molar-refractivity contribution < 1.29 is 18.7 Å². The number of nitrogens with zero attached hydrogens (tertiary/aromatic N) is 3. The highest BCUT2D eigenvalue weighted by molar-refractivity contribution is 5.92. The van der Waals surface area contributed by atoms with E-state index in [-0.39, 0.29) is 40.8 Å². The summed E-state index contributed by atoms with van der Waals surface area (Å²) >= 11 is 0. The van der Waals surface area contributed by atoms with E-state index in [1.807, 2.05) is 6.07 Å². The van der Waals surface area contributed by atoms with Crippen molar-refractivity contribution in [2.24, 2.45) is 5.41 Å². The Morgan fingerprint density at radius 3 is 2.59 bits per heavy atom. The fraction of sp³-hybridized carbons (Fsp3) is 0.385. The first-order valence-corrected chi connectivity index (χ1v) is 11.4. The monoisotopic (exact) mass is 464 g/mol. The molecule has 0 unspecified atom stereocenters. The average molecular weight is 465 g/mol. The van der Waals surface area contributed by atoms with Crippen LogP contribution in [0.2, 0.25) is 0 Å². The zero-order valence-corrected chi connectivity index (χ0v) is 19.3. The maximum Gasteiger partial charge on any atom is 0.270 e. The van der Waals surface area contributed by atoms with Crippen molar-refractivity contribution in [3.05, 3.63) is 76.7 Å². The van der Waals surface area contributed by atoms with Crippen LogP contribution >= 0.6 is 0 Å². The number of aromatic nitrogens is 3. The molecule has 176 valence electrons. The molecule has 2 aromatic heterocycles. The summed E-state index contributed by atoms with van der Waals surface area (Å²) in [5.74, 6) is -1.60. The molecule has 3 atom stereocenters. The molecular weight excluding hydrogens is 438 g/mol. The summed E-state index contributed by atoms with van der Waals surface area (Å²) in [6, 6.07) is 10.5. The number of hydrogen-bond acceptors (Lipinski definition) is 5. The molecule has 8 heteroatoms. The van der Waals surface area contributed by atoms with Crippen molar-refractivity contribution in [2.75, 3.05) is 6.61 Å². The third-order valence-electron chi connectivity index (χ3n) is 7.67. The number of rotatable bonds is 5. The lowest BCUT2D eigenvalue weighted by molar-refractivity contribution is 0.0916.